The second kappa shape index (κ2) is 5.63. The van der Waals surface area contributed by atoms with Crippen LogP contribution in [-0.4, -0.2) is 27.3 Å². The number of hydrogen-bond donors (Lipinski definition) is 0. The Kier molecular flexibility index (Phi) is 4.46. The normalized spacial score (nSPS) is 12.8. The molecule has 0 bridgehead atoms. The fourth-order valence-electron chi connectivity index (χ4n) is 1.51. The Morgan fingerprint density at radius 2 is 2.19 bits per heavy atom. The molecule has 1 rings (SSSR count). The lowest BCUT2D eigenvalue weighted by molar-refractivity contribution is -0.144. The topological polar surface area (TPSA) is 57.0 Å². The van der Waals surface area contributed by atoms with E-state index in [0.717, 1.165) is 6.54 Å². The number of nitrogens with zero attached hydrogens (tertiary/aromatic N) is 3. The Balaban J connectivity index is 2.78. The molecule has 0 aromatic carbocycles. The Bertz CT molecular complexity index is 347. The van der Waals surface area contributed by atoms with E-state index in [4.69, 9.17) is 4.74 Å². The van der Waals surface area contributed by atoms with E-state index in [1.807, 2.05) is 4.57 Å². The summed E-state index contributed by atoms with van der Waals surface area (Å²) in [7, 11) is 0. The smallest absolute Gasteiger partial charge is 0.316 e. The summed E-state index contributed by atoms with van der Waals surface area (Å²) in [5.41, 5.74) is 0. The first-order valence-corrected chi connectivity index (χ1v) is 5.60. The predicted molar refractivity (Wildman–Crippen MR) is 59.9 cm³/mol. The van der Waals surface area contributed by atoms with E-state index in [1.165, 1.54) is 0 Å². The van der Waals surface area contributed by atoms with Crippen LogP contribution in [0, 0.1) is 5.92 Å². The van der Waals surface area contributed by atoms with Crippen LogP contribution in [0.5, 0.6) is 0 Å². The molecule has 0 fully saturated rings. The highest BCUT2D eigenvalue weighted by Gasteiger charge is 2.22. The molecular formula is C11H19N3O2. The first kappa shape index (κ1) is 12.7. The Morgan fingerprint density at radius 3 is 2.75 bits per heavy atom. The van der Waals surface area contributed by atoms with E-state index in [9.17, 15) is 4.79 Å². The van der Waals surface area contributed by atoms with Crippen LogP contribution in [0.4, 0.5) is 0 Å². The van der Waals surface area contributed by atoms with E-state index in [1.54, 1.807) is 20.2 Å². The lowest BCUT2D eigenvalue weighted by Crippen LogP contribution is -2.18. The zero-order chi connectivity index (χ0) is 12.1. The lowest BCUT2D eigenvalue weighted by Gasteiger charge is -2.13. The maximum Gasteiger partial charge on any atom is 0.316 e. The predicted octanol–water partition coefficient (Wildman–Crippen LogP) is 1.60. The molecule has 0 amide bonds. The van der Waals surface area contributed by atoms with Gasteiger partial charge in [-0.25, -0.2) is 0 Å². The van der Waals surface area contributed by atoms with Crippen molar-refractivity contribution in [3.05, 3.63) is 12.2 Å². The van der Waals surface area contributed by atoms with Crippen molar-refractivity contribution >= 4 is 5.97 Å². The Labute approximate surface area is 95.8 Å². The van der Waals surface area contributed by atoms with Gasteiger partial charge >= 0.3 is 5.97 Å². The minimum Gasteiger partial charge on any atom is -0.465 e. The van der Waals surface area contributed by atoms with Crippen LogP contribution in [0.3, 0.4) is 0 Å². The van der Waals surface area contributed by atoms with Gasteiger partial charge in [-0.05, 0) is 19.8 Å². The second-order valence-electron chi connectivity index (χ2n) is 4.21. The number of esters is 1. The molecule has 0 aliphatic carbocycles. The van der Waals surface area contributed by atoms with Gasteiger partial charge in [-0.3, -0.25) is 4.79 Å². The van der Waals surface area contributed by atoms with Crippen molar-refractivity contribution in [2.75, 3.05) is 6.61 Å². The van der Waals surface area contributed by atoms with E-state index in [2.05, 4.69) is 24.0 Å². The zero-order valence-electron chi connectivity index (χ0n) is 10.3. The molecule has 1 heterocycles. The number of hydrogen-bond acceptors (Lipinski definition) is 4. The van der Waals surface area contributed by atoms with Crippen molar-refractivity contribution < 1.29 is 9.53 Å². The van der Waals surface area contributed by atoms with Gasteiger partial charge in [0, 0.05) is 6.54 Å². The average Bonchev–Trinajstić information content (AvgIpc) is 2.64. The van der Waals surface area contributed by atoms with Crippen molar-refractivity contribution in [3.63, 3.8) is 0 Å². The summed E-state index contributed by atoms with van der Waals surface area (Å²) >= 11 is 0. The van der Waals surface area contributed by atoms with Gasteiger partial charge in [-0.2, -0.15) is 0 Å². The molecular weight excluding hydrogens is 206 g/mol. The second-order valence-corrected chi connectivity index (χ2v) is 4.21. The van der Waals surface area contributed by atoms with Crippen LogP contribution >= 0.6 is 0 Å². The SMILES string of the molecule is CCOC(=O)C(C)c1nncn1CC(C)C. The van der Waals surface area contributed by atoms with Gasteiger partial charge in [0.15, 0.2) is 0 Å². The summed E-state index contributed by atoms with van der Waals surface area (Å²) in [6, 6.07) is 0. The Morgan fingerprint density at radius 1 is 1.50 bits per heavy atom. The van der Waals surface area contributed by atoms with Gasteiger partial charge in [0.05, 0.1) is 6.61 Å². The van der Waals surface area contributed by atoms with Crippen molar-refractivity contribution in [2.24, 2.45) is 5.92 Å². The lowest BCUT2D eigenvalue weighted by atomic mass is 10.1. The first-order chi connectivity index (χ1) is 7.56. The van der Waals surface area contributed by atoms with E-state index >= 15 is 0 Å². The highest BCUT2D eigenvalue weighted by molar-refractivity contribution is 5.76. The van der Waals surface area contributed by atoms with Crippen molar-refractivity contribution in [3.8, 4) is 0 Å². The standard InChI is InChI=1S/C11H19N3O2/c1-5-16-11(15)9(4)10-13-12-7-14(10)6-8(2)3/h7-9H,5-6H2,1-4H3. The molecule has 5 heteroatoms. The molecule has 0 N–H and O–H groups in total. The third-order valence-corrected chi connectivity index (χ3v) is 2.23. The molecule has 0 aliphatic rings. The van der Waals surface area contributed by atoms with Crippen LogP contribution in [0.1, 0.15) is 39.4 Å². The van der Waals surface area contributed by atoms with E-state index in [-0.39, 0.29) is 11.9 Å². The molecule has 1 aromatic heterocycles. The fourth-order valence-corrected chi connectivity index (χ4v) is 1.51. The quantitative estimate of drug-likeness (QED) is 0.714. The summed E-state index contributed by atoms with van der Waals surface area (Å²) in [5.74, 6) is 0.554. The monoisotopic (exact) mass is 225 g/mol. The fraction of sp³-hybridized carbons (Fsp3) is 0.727. The molecule has 1 unspecified atom stereocenters. The zero-order valence-corrected chi connectivity index (χ0v) is 10.3. The first-order valence-electron chi connectivity index (χ1n) is 5.60. The number of aromatic nitrogens is 3. The van der Waals surface area contributed by atoms with Crippen LogP contribution in [0.15, 0.2) is 6.33 Å². The van der Waals surface area contributed by atoms with Crippen LogP contribution in [0.25, 0.3) is 0 Å². The van der Waals surface area contributed by atoms with Gasteiger partial charge in [0.1, 0.15) is 18.1 Å². The molecule has 1 aromatic rings. The van der Waals surface area contributed by atoms with Crippen LogP contribution in [-0.2, 0) is 16.1 Å². The number of rotatable bonds is 5. The average molecular weight is 225 g/mol. The minimum atomic E-state index is -0.360. The molecule has 90 valence electrons. The molecule has 5 nitrogen and oxygen atoms in total. The Hall–Kier alpha value is -1.39. The van der Waals surface area contributed by atoms with Gasteiger partial charge in [-0.1, -0.05) is 13.8 Å². The molecule has 0 saturated heterocycles. The van der Waals surface area contributed by atoms with Crippen molar-refractivity contribution in [1.82, 2.24) is 14.8 Å². The molecule has 0 radical (unpaired) electrons. The molecule has 16 heavy (non-hydrogen) atoms. The summed E-state index contributed by atoms with van der Waals surface area (Å²) in [5, 5.41) is 7.83. The molecule has 1 atom stereocenters. The maximum absolute atomic E-state index is 11.6. The van der Waals surface area contributed by atoms with Crippen LogP contribution in [0.2, 0.25) is 0 Å². The summed E-state index contributed by atoms with van der Waals surface area (Å²) in [6.07, 6.45) is 1.66. The molecule has 0 saturated carbocycles. The van der Waals surface area contributed by atoms with Crippen molar-refractivity contribution in [1.29, 1.82) is 0 Å². The maximum atomic E-state index is 11.6. The summed E-state index contributed by atoms with van der Waals surface area (Å²) in [6.45, 7) is 9.01. The third kappa shape index (κ3) is 3.05. The number of carbonyl (C=O) groups excluding carboxylic acids is 1. The largest absolute Gasteiger partial charge is 0.465 e. The van der Waals surface area contributed by atoms with E-state index in [0.29, 0.717) is 18.3 Å². The number of carbonyl (C=O) groups is 1. The van der Waals surface area contributed by atoms with E-state index < -0.39 is 0 Å². The van der Waals surface area contributed by atoms with Gasteiger partial charge in [-0.15, -0.1) is 10.2 Å². The van der Waals surface area contributed by atoms with Crippen molar-refractivity contribution in [2.45, 2.75) is 40.2 Å². The highest BCUT2D eigenvalue weighted by Crippen LogP contribution is 2.15. The third-order valence-electron chi connectivity index (χ3n) is 2.23. The molecule has 0 aliphatic heterocycles. The van der Waals surface area contributed by atoms with Gasteiger partial charge in [0.25, 0.3) is 0 Å². The highest BCUT2D eigenvalue weighted by atomic mass is 16.5. The van der Waals surface area contributed by atoms with Crippen LogP contribution < -0.4 is 0 Å². The minimum absolute atomic E-state index is 0.250. The molecule has 0 spiro atoms. The summed E-state index contributed by atoms with van der Waals surface area (Å²) in [4.78, 5) is 11.6. The number of ether oxygens (including phenoxy) is 1. The van der Waals surface area contributed by atoms with Gasteiger partial charge in [0.2, 0.25) is 0 Å². The van der Waals surface area contributed by atoms with Gasteiger partial charge < -0.3 is 9.30 Å². The summed E-state index contributed by atoms with van der Waals surface area (Å²) < 4.78 is 6.88.